The third-order valence-corrected chi connectivity index (χ3v) is 4.50. The molecular formula is C19H32N2. The zero-order valence-corrected chi connectivity index (χ0v) is 13.9. The van der Waals surface area contributed by atoms with Crippen LogP contribution in [0.25, 0.3) is 0 Å². The fourth-order valence-corrected chi connectivity index (χ4v) is 3.32. The Labute approximate surface area is 130 Å². The highest BCUT2D eigenvalue weighted by atomic mass is 15.1. The lowest BCUT2D eigenvalue weighted by molar-refractivity contribution is 0.495. The molecule has 0 radical (unpaired) electrons. The second kappa shape index (κ2) is 9.09. The van der Waals surface area contributed by atoms with Crippen molar-refractivity contribution in [3.05, 3.63) is 29.8 Å². The van der Waals surface area contributed by atoms with Crippen molar-refractivity contribution < 1.29 is 0 Å². The van der Waals surface area contributed by atoms with Gasteiger partial charge in [0.15, 0.2) is 0 Å². The molecule has 1 aromatic rings. The molecule has 1 atom stereocenters. The number of para-hydroxylation sites is 1. The van der Waals surface area contributed by atoms with Crippen molar-refractivity contribution >= 4 is 5.69 Å². The molecule has 0 saturated heterocycles. The third kappa shape index (κ3) is 4.74. The van der Waals surface area contributed by atoms with Crippen LogP contribution >= 0.6 is 0 Å². The SMILES string of the molecule is CCCCCCN1CCCC(NCCC)c2ccccc21. The van der Waals surface area contributed by atoms with Crippen molar-refractivity contribution in [1.82, 2.24) is 5.32 Å². The normalized spacial score (nSPS) is 18.4. The number of hydrogen-bond donors (Lipinski definition) is 1. The number of fused-ring (bicyclic) bond motifs is 1. The van der Waals surface area contributed by atoms with Crippen molar-refractivity contribution in [3.63, 3.8) is 0 Å². The van der Waals surface area contributed by atoms with Crippen LogP contribution in [0.2, 0.25) is 0 Å². The Morgan fingerprint density at radius 3 is 2.76 bits per heavy atom. The molecule has 1 unspecified atom stereocenters. The van der Waals surface area contributed by atoms with E-state index in [0.717, 1.165) is 6.54 Å². The van der Waals surface area contributed by atoms with Crippen LogP contribution in [0.5, 0.6) is 0 Å². The van der Waals surface area contributed by atoms with Crippen LogP contribution in [0, 0.1) is 0 Å². The fraction of sp³-hybridized carbons (Fsp3) is 0.684. The Balaban J connectivity index is 2.05. The predicted molar refractivity (Wildman–Crippen MR) is 93.1 cm³/mol. The van der Waals surface area contributed by atoms with Crippen LogP contribution in [0.3, 0.4) is 0 Å². The fourth-order valence-electron chi connectivity index (χ4n) is 3.32. The minimum absolute atomic E-state index is 0.543. The maximum atomic E-state index is 3.74. The number of nitrogens with zero attached hydrogens (tertiary/aromatic N) is 1. The molecule has 0 bridgehead atoms. The van der Waals surface area contributed by atoms with E-state index in [1.165, 1.54) is 69.3 Å². The molecule has 1 N–H and O–H groups in total. The first-order valence-electron chi connectivity index (χ1n) is 8.94. The molecule has 1 aromatic carbocycles. The summed E-state index contributed by atoms with van der Waals surface area (Å²) in [6.45, 7) is 8.08. The van der Waals surface area contributed by atoms with Gasteiger partial charge in [-0.25, -0.2) is 0 Å². The van der Waals surface area contributed by atoms with Crippen LogP contribution < -0.4 is 10.2 Å². The second-order valence-electron chi connectivity index (χ2n) is 6.26. The molecule has 1 heterocycles. The van der Waals surface area contributed by atoms with Gasteiger partial charge in [0.2, 0.25) is 0 Å². The molecule has 2 rings (SSSR count). The molecule has 1 aliphatic heterocycles. The van der Waals surface area contributed by atoms with Gasteiger partial charge in [-0.05, 0) is 43.9 Å². The molecule has 2 nitrogen and oxygen atoms in total. The van der Waals surface area contributed by atoms with Crippen molar-refractivity contribution in [3.8, 4) is 0 Å². The number of benzene rings is 1. The van der Waals surface area contributed by atoms with Gasteiger partial charge in [-0.15, -0.1) is 0 Å². The van der Waals surface area contributed by atoms with Crippen LogP contribution in [0.4, 0.5) is 5.69 Å². The summed E-state index contributed by atoms with van der Waals surface area (Å²) in [5.74, 6) is 0. The van der Waals surface area contributed by atoms with Gasteiger partial charge in [0.25, 0.3) is 0 Å². The van der Waals surface area contributed by atoms with Gasteiger partial charge in [-0.3, -0.25) is 0 Å². The maximum Gasteiger partial charge on any atom is 0.0414 e. The van der Waals surface area contributed by atoms with Crippen molar-refractivity contribution in [1.29, 1.82) is 0 Å². The summed E-state index contributed by atoms with van der Waals surface area (Å²) in [5.41, 5.74) is 2.99. The average molecular weight is 288 g/mol. The number of hydrogen-bond acceptors (Lipinski definition) is 2. The zero-order chi connectivity index (χ0) is 14.9. The van der Waals surface area contributed by atoms with Gasteiger partial charge < -0.3 is 10.2 Å². The topological polar surface area (TPSA) is 15.3 Å². The van der Waals surface area contributed by atoms with Gasteiger partial charge in [-0.2, -0.15) is 0 Å². The van der Waals surface area contributed by atoms with E-state index >= 15 is 0 Å². The molecule has 0 saturated carbocycles. The highest BCUT2D eigenvalue weighted by Gasteiger charge is 2.21. The molecule has 0 amide bonds. The minimum atomic E-state index is 0.543. The smallest absolute Gasteiger partial charge is 0.0414 e. The summed E-state index contributed by atoms with van der Waals surface area (Å²) in [7, 11) is 0. The monoisotopic (exact) mass is 288 g/mol. The van der Waals surface area contributed by atoms with Gasteiger partial charge >= 0.3 is 0 Å². The molecule has 1 aliphatic rings. The lowest BCUT2D eigenvalue weighted by Gasteiger charge is -2.26. The van der Waals surface area contributed by atoms with Crippen LogP contribution in [0.15, 0.2) is 24.3 Å². The van der Waals surface area contributed by atoms with Gasteiger partial charge in [0, 0.05) is 24.8 Å². The van der Waals surface area contributed by atoms with Crippen molar-refractivity contribution in [2.45, 2.75) is 64.8 Å². The maximum absolute atomic E-state index is 3.74. The summed E-state index contributed by atoms with van der Waals surface area (Å²) >= 11 is 0. The van der Waals surface area contributed by atoms with E-state index in [0.29, 0.717) is 6.04 Å². The summed E-state index contributed by atoms with van der Waals surface area (Å²) in [4.78, 5) is 2.62. The molecule has 2 heteroatoms. The lowest BCUT2D eigenvalue weighted by Crippen LogP contribution is -2.25. The molecule has 0 aromatic heterocycles. The highest BCUT2D eigenvalue weighted by molar-refractivity contribution is 5.55. The summed E-state index contributed by atoms with van der Waals surface area (Å²) in [6.07, 6.45) is 9.16. The predicted octanol–water partition coefficient (Wildman–Crippen LogP) is 4.91. The first kappa shape index (κ1) is 16.4. The lowest BCUT2D eigenvalue weighted by atomic mass is 10.0. The highest BCUT2D eigenvalue weighted by Crippen LogP contribution is 2.32. The number of unbranched alkanes of at least 4 members (excludes halogenated alkanes) is 3. The third-order valence-electron chi connectivity index (χ3n) is 4.50. The summed E-state index contributed by atoms with van der Waals surface area (Å²) in [5, 5.41) is 3.74. The number of rotatable bonds is 8. The number of nitrogens with one attached hydrogen (secondary N) is 1. The Morgan fingerprint density at radius 2 is 1.95 bits per heavy atom. The van der Waals surface area contributed by atoms with E-state index in [-0.39, 0.29) is 0 Å². The Morgan fingerprint density at radius 1 is 1.10 bits per heavy atom. The van der Waals surface area contributed by atoms with Gasteiger partial charge in [-0.1, -0.05) is 51.3 Å². The zero-order valence-electron chi connectivity index (χ0n) is 13.9. The Bertz CT molecular complexity index is 402. The van der Waals surface area contributed by atoms with E-state index in [1.54, 1.807) is 0 Å². The van der Waals surface area contributed by atoms with Crippen LogP contribution in [0.1, 0.15) is 70.4 Å². The summed E-state index contributed by atoms with van der Waals surface area (Å²) in [6, 6.07) is 9.58. The average Bonchev–Trinajstić information content (AvgIpc) is 2.69. The van der Waals surface area contributed by atoms with Crippen LogP contribution in [-0.2, 0) is 0 Å². The largest absolute Gasteiger partial charge is 0.371 e. The molecule has 118 valence electrons. The minimum Gasteiger partial charge on any atom is -0.371 e. The molecular weight excluding hydrogens is 256 g/mol. The van der Waals surface area contributed by atoms with Crippen molar-refractivity contribution in [2.75, 3.05) is 24.5 Å². The first-order chi connectivity index (χ1) is 10.4. The number of anilines is 1. The van der Waals surface area contributed by atoms with E-state index in [4.69, 9.17) is 0 Å². The van der Waals surface area contributed by atoms with E-state index in [1.807, 2.05) is 0 Å². The second-order valence-corrected chi connectivity index (χ2v) is 6.26. The Hall–Kier alpha value is -1.02. The van der Waals surface area contributed by atoms with E-state index in [2.05, 4.69) is 48.3 Å². The van der Waals surface area contributed by atoms with Gasteiger partial charge in [0.05, 0.1) is 0 Å². The van der Waals surface area contributed by atoms with Crippen molar-refractivity contribution in [2.24, 2.45) is 0 Å². The first-order valence-corrected chi connectivity index (χ1v) is 8.94. The van der Waals surface area contributed by atoms with E-state index < -0.39 is 0 Å². The van der Waals surface area contributed by atoms with Gasteiger partial charge in [0.1, 0.15) is 0 Å². The molecule has 0 aliphatic carbocycles. The molecule has 0 fully saturated rings. The summed E-state index contributed by atoms with van der Waals surface area (Å²) < 4.78 is 0. The van der Waals surface area contributed by atoms with E-state index in [9.17, 15) is 0 Å². The Kier molecular flexibility index (Phi) is 7.08. The van der Waals surface area contributed by atoms with Crippen LogP contribution in [-0.4, -0.2) is 19.6 Å². The molecule has 0 spiro atoms. The molecule has 21 heavy (non-hydrogen) atoms. The standard InChI is InChI=1S/C19H32N2/c1-3-5-6-9-15-21-16-10-12-18(20-14-4-2)17-11-7-8-13-19(17)21/h7-8,11,13,18,20H,3-6,9-10,12,14-16H2,1-2H3. The quantitative estimate of drug-likeness (QED) is 0.684.